The summed E-state index contributed by atoms with van der Waals surface area (Å²) in [5, 5.41) is 6.88. The van der Waals surface area contributed by atoms with Gasteiger partial charge in [-0.05, 0) is 63.0 Å². The van der Waals surface area contributed by atoms with Crippen LogP contribution in [-0.4, -0.2) is 51.2 Å². The number of guanidine groups is 1. The second kappa shape index (κ2) is 10.2. The quantitative estimate of drug-likeness (QED) is 0.541. The molecule has 6 nitrogen and oxygen atoms in total. The number of likely N-dealkylation sites (tertiary alicyclic amines) is 1. The third-order valence-corrected chi connectivity index (χ3v) is 5.26. The molecule has 1 atom stereocenters. The van der Waals surface area contributed by atoms with Gasteiger partial charge in [-0.2, -0.15) is 0 Å². The first-order chi connectivity index (χ1) is 13.7. The van der Waals surface area contributed by atoms with Gasteiger partial charge in [-0.15, -0.1) is 0 Å². The Morgan fingerprint density at radius 3 is 2.75 bits per heavy atom. The summed E-state index contributed by atoms with van der Waals surface area (Å²) in [6, 6.07) is 10.5. The number of nitrogens with one attached hydrogen (secondary N) is 2. The fraction of sp³-hybridized carbons (Fsp3) is 0.500. The molecule has 1 unspecified atom stereocenters. The van der Waals surface area contributed by atoms with E-state index in [4.69, 9.17) is 9.15 Å². The minimum absolute atomic E-state index is 0.230. The highest BCUT2D eigenvalue weighted by molar-refractivity contribution is 5.79. The Morgan fingerprint density at radius 2 is 2.07 bits per heavy atom. The average Bonchev–Trinajstić information content (AvgIpc) is 3.42. The van der Waals surface area contributed by atoms with Gasteiger partial charge < -0.3 is 19.8 Å². The molecule has 0 amide bonds. The van der Waals surface area contributed by atoms with Crippen molar-refractivity contribution in [1.82, 2.24) is 15.5 Å². The topological polar surface area (TPSA) is 62.0 Å². The molecule has 2 aromatic rings. The van der Waals surface area contributed by atoms with Crippen LogP contribution < -0.4 is 15.4 Å². The standard InChI is InChI=1S/C22H32N4O2/c1-17-8-9-20(27-3)18(15-17)10-11-24-22(23-2)25-16-19(21-7-6-14-28-21)26-12-4-5-13-26/h6-9,14-15,19H,4-5,10-13,16H2,1-3H3,(H2,23,24,25). The van der Waals surface area contributed by atoms with E-state index in [1.54, 1.807) is 20.4 Å². The number of nitrogens with zero attached hydrogens (tertiary/aromatic N) is 2. The maximum atomic E-state index is 5.69. The molecule has 6 heteroatoms. The van der Waals surface area contributed by atoms with Crippen LogP contribution in [0.4, 0.5) is 0 Å². The molecule has 1 aliphatic rings. The van der Waals surface area contributed by atoms with Crippen molar-refractivity contribution in [1.29, 1.82) is 0 Å². The smallest absolute Gasteiger partial charge is 0.191 e. The molecule has 1 fully saturated rings. The summed E-state index contributed by atoms with van der Waals surface area (Å²) in [5.41, 5.74) is 2.45. The Labute approximate surface area is 168 Å². The second-order valence-corrected chi connectivity index (χ2v) is 7.22. The van der Waals surface area contributed by atoms with Gasteiger partial charge in [0.2, 0.25) is 0 Å². The molecule has 2 N–H and O–H groups in total. The van der Waals surface area contributed by atoms with Crippen LogP contribution in [-0.2, 0) is 6.42 Å². The van der Waals surface area contributed by atoms with Gasteiger partial charge in [0.15, 0.2) is 5.96 Å². The Kier molecular flexibility index (Phi) is 7.37. The van der Waals surface area contributed by atoms with Crippen LogP contribution in [0.15, 0.2) is 46.0 Å². The van der Waals surface area contributed by atoms with Gasteiger partial charge in [0.1, 0.15) is 11.5 Å². The van der Waals surface area contributed by atoms with Gasteiger partial charge in [0, 0.05) is 20.1 Å². The Balaban J connectivity index is 1.53. The molecule has 0 saturated carbocycles. The van der Waals surface area contributed by atoms with Gasteiger partial charge in [-0.3, -0.25) is 9.89 Å². The first kappa shape index (κ1) is 20.3. The van der Waals surface area contributed by atoms with E-state index in [-0.39, 0.29) is 6.04 Å². The molecule has 1 aromatic heterocycles. The van der Waals surface area contributed by atoms with E-state index in [1.807, 2.05) is 12.1 Å². The summed E-state index contributed by atoms with van der Waals surface area (Å²) < 4.78 is 11.2. The van der Waals surface area contributed by atoms with E-state index in [1.165, 1.54) is 24.0 Å². The summed E-state index contributed by atoms with van der Waals surface area (Å²) in [4.78, 5) is 6.86. The summed E-state index contributed by atoms with van der Waals surface area (Å²) >= 11 is 0. The number of aryl methyl sites for hydroxylation is 1. The molecular weight excluding hydrogens is 352 g/mol. The van der Waals surface area contributed by atoms with Crippen LogP contribution in [0.1, 0.15) is 35.8 Å². The lowest BCUT2D eigenvalue weighted by molar-refractivity contribution is 0.215. The van der Waals surface area contributed by atoms with E-state index < -0.39 is 0 Å². The van der Waals surface area contributed by atoms with Gasteiger partial charge in [-0.1, -0.05) is 17.7 Å². The SMILES string of the molecule is CN=C(NCCc1cc(C)ccc1OC)NCC(c1ccco1)N1CCCC1. The van der Waals surface area contributed by atoms with Crippen LogP contribution in [0.25, 0.3) is 0 Å². The summed E-state index contributed by atoms with van der Waals surface area (Å²) in [7, 11) is 3.52. The molecule has 28 heavy (non-hydrogen) atoms. The molecule has 3 rings (SSSR count). The molecule has 0 radical (unpaired) electrons. The predicted molar refractivity (Wildman–Crippen MR) is 113 cm³/mol. The molecule has 0 bridgehead atoms. The molecule has 1 aromatic carbocycles. The molecule has 1 saturated heterocycles. The largest absolute Gasteiger partial charge is 0.496 e. The Hall–Kier alpha value is -2.47. The van der Waals surface area contributed by atoms with Crippen LogP contribution in [0.3, 0.4) is 0 Å². The van der Waals surface area contributed by atoms with Crippen LogP contribution in [0, 0.1) is 6.92 Å². The number of hydrogen-bond acceptors (Lipinski definition) is 4. The van der Waals surface area contributed by atoms with E-state index in [0.717, 1.165) is 50.1 Å². The summed E-state index contributed by atoms with van der Waals surface area (Å²) in [6.07, 6.45) is 5.13. The van der Waals surface area contributed by atoms with E-state index >= 15 is 0 Å². The lowest BCUT2D eigenvalue weighted by Crippen LogP contribution is -2.43. The van der Waals surface area contributed by atoms with E-state index in [2.05, 4.69) is 45.6 Å². The van der Waals surface area contributed by atoms with E-state index in [0.29, 0.717) is 0 Å². The zero-order valence-corrected chi connectivity index (χ0v) is 17.2. The number of benzene rings is 1. The molecule has 1 aliphatic heterocycles. The minimum Gasteiger partial charge on any atom is -0.496 e. The lowest BCUT2D eigenvalue weighted by atomic mass is 10.1. The van der Waals surface area contributed by atoms with Crippen molar-refractivity contribution in [2.24, 2.45) is 4.99 Å². The molecular formula is C22H32N4O2. The van der Waals surface area contributed by atoms with Crippen molar-refractivity contribution in [2.75, 3.05) is 40.3 Å². The van der Waals surface area contributed by atoms with Crippen molar-refractivity contribution in [3.63, 3.8) is 0 Å². The van der Waals surface area contributed by atoms with Gasteiger partial charge in [0.25, 0.3) is 0 Å². The second-order valence-electron chi connectivity index (χ2n) is 7.22. The first-order valence-electron chi connectivity index (χ1n) is 10.1. The normalized spacial score (nSPS) is 16.2. The highest BCUT2D eigenvalue weighted by Crippen LogP contribution is 2.25. The monoisotopic (exact) mass is 384 g/mol. The lowest BCUT2D eigenvalue weighted by Gasteiger charge is -2.26. The first-order valence-corrected chi connectivity index (χ1v) is 10.1. The number of rotatable bonds is 8. The number of furan rings is 1. The van der Waals surface area contributed by atoms with Crippen molar-refractivity contribution >= 4 is 5.96 Å². The van der Waals surface area contributed by atoms with E-state index in [9.17, 15) is 0 Å². The molecule has 152 valence electrons. The fourth-order valence-electron chi connectivity index (χ4n) is 3.78. The predicted octanol–water partition coefficient (Wildman–Crippen LogP) is 3.14. The zero-order chi connectivity index (χ0) is 19.8. The molecule has 0 aliphatic carbocycles. The molecule has 0 spiro atoms. The van der Waals surface area contributed by atoms with Crippen LogP contribution >= 0.6 is 0 Å². The van der Waals surface area contributed by atoms with Gasteiger partial charge in [-0.25, -0.2) is 0 Å². The third-order valence-electron chi connectivity index (χ3n) is 5.26. The zero-order valence-electron chi connectivity index (χ0n) is 17.2. The van der Waals surface area contributed by atoms with Crippen molar-refractivity contribution < 1.29 is 9.15 Å². The maximum Gasteiger partial charge on any atom is 0.191 e. The fourth-order valence-corrected chi connectivity index (χ4v) is 3.78. The van der Waals surface area contributed by atoms with Gasteiger partial charge in [0.05, 0.1) is 19.4 Å². The average molecular weight is 385 g/mol. The van der Waals surface area contributed by atoms with Crippen molar-refractivity contribution in [3.05, 3.63) is 53.5 Å². The highest BCUT2D eigenvalue weighted by Gasteiger charge is 2.25. The summed E-state index contributed by atoms with van der Waals surface area (Å²) in [6.45, 7) is 5.89. The van der Waals surface area contributed by atoms with Gasteiger partial charge >= 0.3 is 0 Å². The number of ether oxygens (including phenoxy) is 1. The summed E-state index contributed by atoms with van der Waals surface area (Å²) in [5.74, 6) is 2.75. The minimum atomic E-state index is 0.230. The molecule has 2 heterocycles. The van der Waals surface area contributed by atoms with Crippen molar-refractivity contribution in [3.8, 4) is 5.75 Å². The third kappa shape index (κ3) is 5.29. The number of aliphatic imine (C=N–C) groups is 1. The number of methoxy groups -OCH3 is 1. The van der Waals surface area contributed by atoms with Crippen LogP contribution in [0.5, 0.6) is 5.75 Å². The van der Waals surface area contributed by atoms with Crippen LogP contribution in [0.2, 0.25) is 0 Å². The highest BCUT2D eigenvalue weighted by atomic mass is 16.5. The Bertz CT molecular complexity index is 752. The maximum absolute atomic E-state index is 5.69. The van der Waals surface area contributed by atoms with Crippen molar-refractivity contribution in [2.45, 2.75) is 32.2 Å². The Morgan fingerprint density at radius 1 is 1.25 bits per heavy atom. The number of hydrogen-bond donors (Lipinski definition) is 2.